The lowest BCUT2D eigenvalue weighted by Crippen LogP contribution is -2.47. The number of hydrogen-bond donors (Lipinski definition) is 2. The molecule has 0 spiro atoms. The summed E-state index contributed by atoms with van der Waals surface area (Å²) in [6.07, 6.45) is 3.85. The number of piperidine rings is 1. The lowest BCUT2D eigenvalue weighted by atomic mass is 9.95. The molecular formula is C14H27N3OS. The van der Waals surface area contributed by atoms with E-state index >= 15 is 0 Å². The van der Waals surface area contributed by atoms with E-state index in [4.69, 9.17) is 18.0 Å². The van der Waals surface area contributed by atoms with Gasteiger partial charge in [-0.2, -0.15) is 0 Å². The number of thiocarbonyl (C=S) groups is 1. The molecule has 0 aliphatic carbocycles. The SMILES string of the molecule is CC(C)C(C(=O)NCC(C)N1CCCCC1)C(N)=S. The minimum Gasteiger partial charge on any atom is -0.393 e. The first-order valence-electron chi connectivity index (χ1n) is 7.24. The number of nitrogens with zero attached hydrogens (tertiary/aromatic N) is 1. The van der Waals surface area contributed by atoms with Gasteiger partial charge in [0.1, 0.15) is 0 Å². The number of nitrogens with two attached hydrogens (primary N) is 1. The number of rotatable bonds is 6. The molecule has 0 aromatic carbocycles. The molecule has 1 rings (SSSR count). The fourth-order valence-corrected chi connectivity index (χ4v) is 2.99. The van der Waals surface area contributed by atoms with Crippen LogP contribution in [0.1, 0.15) is 40.0 Å². The number of likely N-dealkylation sites (tertiary alicyclic amines) is 1. The quantitative estimate of drug-likeness (QED) is 0.727. The summed E-state index contributed by atoms with van der Waals surface area (Å²) in [7, 11) is 0. The zero-order chi connectivity index (χ0) is 14.4. The van der Waals surface area contributed by atoms with Crippen molar-refractivity contribution in [2.24, 2.45) is 17.6 Å². The summed E-state index contributed by atoms with van der Waals surface area (Å²) >= 11 is 4.98. The smallest absolute Gasteiger partial charge is 0.230 e. The molecule has 0 aromatic rings. The molecule has 2 atom stereocenters. The molecule has 5 heteroatoms. The third-order valence-corrected chi connectivity index (χ3v) is 4.10. The van der Waals surface area contributed by atoms with Crippen molar-refractivity contribution < 1.29 is 4.79 Å². The Bertz CT molecular complexity index is 314. The first-order chi connectivity index (χ1) is 8.93. The van der Waals surface area contributed by atoms with Gasteiger partial charge in [-0.15, -0.1) is 0 Å². The van der Waals surface area contributed by atoms with Crippen LogP contribution in [0.5, 0.6) is 0 Å². The maximum atomic E-state index is 12.1. The predicted octanol–water partition coefficient (Wildman–Crippen LogP) is 1.54. The van der Waals surface area contributed by atoms with E-state index in [0.717, 1.165) is 13.1 Å². The molecule has 4 nitrogen and oxygen atoms in total. The van der Waals surface area contributed by atoms with E-state index in [-0.39, 0.29) is 22.7 Å². The second-order valence-electron chi connectivity index (χ2n) is 5.81. The van der Waals surface area contributed by atoms with Gasteiger partial charge >= 0.3 is 0 Å². The molecule has 2 unspecified atom stereocenters. The summed E-state index contributed by atoms with van der Waals surface area (Å²) < 4.78 is 0. The van der Waals surface area contributed by atoms with Gasteiger partial charge in [-0.1, -0.05) is 32.5 Å². The molecule has 1 aliphatic heterocycles. The Hall–Kier alpha value is -0.680. The van der Waals surface area contributed by atoms with Gasteiger partial charge in [0.2, 0.25) is 5.91 Å². The van der Waals surface area contributed by atoms with Gasteiger partial charge in [0, 0.05) is 12.6 Å². The zero-order valence-corrected chi connectivity index (χ0v) is 13.1. The van der Waals surface area contributed by atoms with Crippen LogP contribution in [0.2, 0.25) is 0 Å². The average Bonchev–Trinajstić information content (AvgIpc) is 2.36. The van der Waals surface area contributed by atoms with Crippen molar-refractivity contribution in [3.8, 4) is 0 Å². The van der Waals surface area contributed by atoms with Crippen molar-refractivity contribution in [3.05, 3.63) is 0 Å². The van der Waals surface area contributed by atoms with E-state index in [1.165, 1.54) is 19.3 Å². The van der Waals surface area contributed by atoms with Crippen LogP contribution in [0.4, 0.5) is 0 Å². The molecule has 1 heterocycles. The molecule has 19 heavy (non-hydrogen) atoms. The summed E-state index contributed by atoms with van der Waals surface area (Å²) in [5.41, 5.74) is 5.65. The normalized spacial score (nSPS) is 20.0. The maximum absolute atomic E-state index is 12.1. The standard InChI is InChI=1S/C14H27N3OS/c1-10(2)12(13(15)19)14(18)16-9-11(3)17-7-5-4-6-8-17/h10-12H,4-9H2,1-3H3,(H2,15,19)(H,16,18). The van der Waals surface area contributed by atoms with E-state index in [1.54, 1.807) is 0 Å². The van der Waals surface area contributed by atoms with Crippen molar-refractivity contribution in [1.82, 2.24) is 10.2 Å². The van der Waals surface area contributed by atoms with Crippen LogP contribution in [0.15, 0.2) is 0 Å². The van der Waals surface area contributed by atoms with Gasteiger partial charge in [-0.05, 0) is 38.8 Å². The van der Waals surface area contributed by atoms with E-state index in [2.05, 4.69) is 17.1 Å². The van der Waals surface area contributed by atoms with Crippen LogP contribution >= 0.6 is 12.2 Å². The van der Waals surface area contributed by atoms with Crippen molar-refractivity contribution in [1.29, 1.82) is 0 Å². The van der Waals surface area contributed by atoms with E-state index < -0.39 is 0 Å². The molecule has 1 aliphatic rings. The average molecular weight is 285 g/mol. The Morgan fingerprint density at radius 3 is 2.32 bits per heavy atom. The third kappa shape index (κ3) is 5.07. The van der Waals surface area contributed by atoms with Crippen molar-refractivity contribution in [2.75, 3.05) is 19.6 Å². The molecule has 3 N–H and O–H groups in total. The Morgan fingerprint density at radius 2 is 1.84 bits per heavy atom. The Kier molecular flexibility index (Phi) is 6.72. The van der Waals surface area contributed by atoms with Gasteiger partial charge in [0.25, 0.3) is 0 Å². The van der Waals surface area contributed by atoms with E-state index in [1.807, 2.05) is 13.8 Å². The van der Waals surface area contributed by atoms with E-state index in [0.29, 0.717) is 12.6 Å². The number of amides is 1. The Balaban J connectivity index is 2.41. The monoisotopic (exact) mass is 285 g/mol. The number of carbonyl (C=O) groups excluding carboxylic acids is 1. The first-order valence-corrected chi connectivity index (χ1v) is 7.65. The molecule has 0 radical (unpaired) electrons. The van der Waals surface area contributed by atoms with Crippen LogP contribution in [0, 0.1) is 11.8 Å². The second-order valence-corrected chi connectivity index (χ2v) is 6.29. The van der Waals surface area contributed by atoms with Gasteiger partial charge in [-0.3, -0.25) is 9.69 Å². The second kappa shape index (κ2) is 7.80. The number of hydrogen-bond acceptors (Lipinski definition) is 3. The van der Waals surface area contributed by atoms with Crippen LogP contribution in [0.3, 0.4) is 0 Å². The highest BCUT2D eigenvalue weighted by Crippen LogP contribution is 2.13. The molecule has 0 bridgehead atoms. The number of nitrogens with one attached hydrogen (secondary N) is 1. The first kappa shape index (κ1) is 16.4. The summed E-state index contributed by atoms with van der Waals surface area (Å²) in [6, 6.07) is 0.378. The lowest BCUT2D eigenvalue weighted by Gasteiger charge is -2.32. The largest absolute Gasteiger partial charge is 0.393 e. The minimum atomic E-state index is -0.358. The minimum absolute atomic E-state index is 0.0358. The molecule has 1 amide bonds. The predicted molar refractivity (Wildman–Crippen MR) is 83.0 cm³/mol. The van der Waals surface area contributed by atoms with Gasteiger partial charge < -0.3 is 11.1 Å². The van der Waals surface area contributed by atoms with Gasteiger partial charge in [-0.25, -0.2) is 0 Å². The van der Waals surface area contributed by atoms with Crippen LogP contribution < -0.4 is 11.1 Å². The van der Waals surface area contributed by atoms with Crippen LogP contribution in [-0.4, -0.2) is 41.5 Å². The van der Waals surface area contributed by atoms with Gasteiger partial charge in [0.05, 0.1) is 10.9 Å². The van der Waals surface area contributed by atoms with Crippen molar-refractivity contribution >= 4 is 23.1 Å². The summed E-state index contributed by atoms with van der Waals surface area (Å²) in [4.78, 5) is 14.8. The van der Waals surface area contributed by atoms with Crippen LogP contribution in [-0.2, 0) is 4.79 Å². The van der Waals surface area contributed by atoms with Gasteiger partial charge in [0.15, 0.2) is 0 Å². The fourth-order valence-electron chi connectivity index (χ4n) is 2.61. The maximum Gasteiger partial charge on any atom is 0.230 e. The number of carbonyl (C=O) groups is 1. The highest BCUT2D eigenvalue weighted by Gasteiger charge is 2.25. The molecule has 110 valence electrons. The Labute approximate surface area is 122 Å². The fraction of sp³-hybridized carbons (Fsp3) is 0.857. The van der Waals surface area contributed by atoms with Crippen molar-refractivity contribution in [2.45, 2.75) is 46.1 Å². The zero-order valence-electron chi connectivity index (χ0n) is 12.3. The molecule has 0 saturated carbocycles. The molecule has 1 saturated heterocycles. The summed E-state index contributed by atoms with van der Waals surface area (Å²) in [6.45, 7) is 9.05. The highest BCUT2D eigenvalue weighted by molar-refractivity contribution is 7.80. The lowest BCUT2D eigenvalue weighted by molar-refractivity contribution is -0.124. The third-order valence-electron chi connectivity index (χ3n) is 3.84. The summed E-state index contributed by atoms with van der Waals surface area (Å²) in [5, 5.41) is 2.99. The molecule has 0 aromatic heterocycles. The molecule has 1 fully saturated rings. The summed E-state index contributed by atoms with van der Waals surface area (Å²) in [5.74, 6) is -0.252. The molecular weight excluding hydrogens is 258 g/mol. The van der Waals surface area contributed by atoms with E-state index in [9.17, 15) is 4.79 Å². The highest BCUT2D eigenvalue weighted by atomic mass is 32.1. The Morgan fingerprint density at radius 1 is 1.26 bits per heavy atom. The van der Waals surface area contributed by atoms with Crippen LogP contribution in [0.25, 0.3) is 0 Å². The van der Waals surface area contributed by atoms with Crippen molar-refractivity contribution in [3.63, 3.8) is 0 Å². The topological polar surface area (TPSA) is 58.4 Å².